The Balaban J connectivity index is 0.828. The molecule has 77 heavy (non-hydrogen) atoms. The van der Waals surface area contributed by atoms with Gasteiger partial charge < -0.3 is 9.47 Å². The molecule has 0 saturated carbocycles. The van der Waals surface area contributed by atoms with E-state index in [2.05, 4.69) is 301 Å². The first-order valence-electron chi connectivity index (χ1n) is 26.7. The largest absolute Gasteiger partial charge is 0.310 e. The molecule has 1 aliphatic carbocycles. The maximum absolute atomic E-state index is 2.52. The first kappa shape index (κ1) is 43.4. The third-order valence-electron chi connectivity index (χ3n) is 16.8. The molecule has 1 atom stereocenters. The maximum atomic E-state index is 2.52. The lowest BCUT2D eigenvalue weighted by Crippen LogP contribution is -2.33. The van der Waals surface area contributed by atoms with Crippen molar-refractivity contribution in [3.63, 3.8) is 0 Å². The summed E-state index contributed by atoms with van der Waals surface area (Å²) < 4.78 is 2.52. The predicted molar refractivity (Wildman–Crippen MR) is 323 cm³/mol. The number of aromatic nitrogens is 1. The van der Waals surface area contributed by atoms with Crippen LogP contribution in [0.25, 0.3) is 105 Å². The summed E-state index contributed by atoms with van der Waals surface area (Å²) in [5, 5.41) is 7.44. The van der Waals surface area contributed by atoms with Crippen LogP contribution in [0, 0.1) is 0 Å². The van der Waals surface area contributed by atoms with Gasteiger partial charge in [-0.25, -0.2) is 0 Å². The van der Waals surface area contributed by atoms with Gasteiger partial charge in [-0.15, -0.1) is 0 Å². The third-order valence-corrected chi connectivity index (χ3v) is 16.8. The summed E-state index contributed by atoms with van der Waals surface area (Å²) in [7, 11) is 0. The van der Waals surface area contributed by atoms with Crippen molar-refractivity contribution in [2.24, 2.45) is 0 Å². The van der Waals surface area contributed by atoms with E-state index >= 15 is 0 Å². The van der Waals surface area contributed by atoms with Crippen molar-refractivity contribution in [1.82, 2.24) is 4.57 Å². The lowest BCUT2D eigenvalue weighted by Gasteiger charge is -2.39. The molecule has 0 N–H and O–H groups in total. The quantitative estimate of drug-likeness (QED) is 0.154. The van der Waals surface area contributed by atoms with Crippen LogP contribution in [0.3, 0.4) is 0 Å². The summed E-state index contributed by atoms with van der Waals surface area (Å²) >= 11 is 0. The molecule has 1 aromatic heterocycles. The molecule has 1 aliphatic heterocycles. The number of benzene rings is 13. The monoisotopic (exact) mass is 976 g/mol. The molecule has 2 heterocycles. The molecule has 358 valence electrons. The van der Waals surface area contributed by atoms with Crippen molar-refractivity contribution < 1.29 is 0 Å². The smallest absolute Gasteiger partial charge is 0.0754 e. The molecule has 0 amide bonds. The van der Waals surface area contributed by atoms with E-state index in [-0.39, 0.29) is 0 Å². The third kappa shape index (κ3) is 6.49. The number of fused-ring (bicyclic) bond motifs is 14. The minimum Gasteiger partial charge on any atom is -0.310 e. The van der Waals surface area contributed by atoms with E-state index in [0.717, 1.165) is 28.2 Å². The minimum atomic E-state index is -0.509. The summed E-state index contributed by atoms with van der Waals surface area (Å²) in [5.74, 6) is 0. The molecule has 0 radical (unpaired) electrons. The summed E-state index contributed by atoms with van der Waals surface area (Å²) in [4.78, 5) is 2.43. The van der Waals surface area contributed by atoms with Crippen LogP contribution in [0.2, 0.25) is 0 Å². The van der Waals surface area contributed by atoms with Gasteiger partial charge in [0.1, 0.15) is 0 Å². The Morgan fingerprint density at radius 1 is 0.273 bits per heavy atom. The SMILES string of the molecule is c1ccc(-c2ccc(-c3ccccc3N(c3ccc(-c4cccc5ccccc45)cc3)c3ccc4cc(-c5ccc6c(c5)C5(c7ccccc7-6)c6ccccc6-n6c7ccccc7c7cccc5c76)ccc4c3)cc2)cc1. The average Bonchev–Trinajstić information content (AvgIpc) is 4.16. The minimum absolute atomic E-state index is 0.509. The normalized spacial score (nSPS) is 14.0. The van der Waals surface area contributed by atoms with Crippen LogP contribution < -0.4 is 4.90 Å². The highest BCUT2D eigenvalue weighted by molar-refractivity contribution is 6.13. The number of anilines is 3. The Hall–Kier alpha value is -10.0. The Bertz CT molecular complexity index is 4670. The molecule has 2 aliphatic rings. The first-order chi connectivity index (χ1) is 38.2. The summed E-state index contributed by atoms with van der Waals surface area (Å²) in [6.07, 6.45) is 0. The van der Waals surface area contributed by atoms with Crippen LogP contribution in [0.1, 0.15) is 22.3 Å². The van der Waals surface area contributed by atoms with E-state index in [0.29, 0.717) is 0 Å². The summed E-state index contributed by atoms with van der Waals surface area (Å²) in [6, 6.07) is 108. The molecular formula is C75H48N2. The molecule has 1 spiro atoms. The molecule has 1 unspecified atom stereocenters. The number of hydrogen-bond donors (Lipinski definition) is 0. The Kier molecular flexibility index (Phi) is 9.58. The molecular weight excluding hydrogens is 929 g/mol. The summed E-state index contributed by atoms with van der Waals surface area (Å²) in [6.45, 7) is 0. The van der Waals surface area contributed by atoms with E-state index < -0.39 is 5.41 Å². The van der Waals surface area contributed by atoms with Gasteiger partial charge in [-0.2, -0.15) is 0 Å². The van der Waals surface area contributed by atoms with Crippen LogP contribution in [0.5, 0.6) is 0 Å². The summed E-state index contributed by atoms with van der Waals surface area (Å²) in [5.41, 5.74) is 24.0. The van der Waals surface area contributed by atoms with Gasteiger partial charge in [0.25, 0.3) is 0 Å². The highest BCUT2D eigenvalue weighted by atomic mass is 15.1. The highest BCUT2D eigenvalue weighted by Crippen LogP contribution is 2.61. The Morgan fingerprint density at radius 3 is 1.70 bits per heavy atom. The average molecular weight is 977 g/mol. The molecule has 2 heteroatoms. The molecule has 0 fully saturated rings. The van der Waals surface area contributed by atoms with Gasteiger partial charge in [0.2, 0.25) is 0 Å². The second-order valence-corrected chi connectivity index (χ2v) is 20.7. The second kappa shape index (κ2) is 17.0. The number of rotatable bonds is 7. The maximum Gasteiger partial charge on any atom is 0.0754 e. The van der Waals surface area contributed by atoms with Crippen molar-refractivity contribution in [3.05, 3.63) is 313 Å². The fraction of sp³-hybridized carbons (Fsp3) is 0.0133. The van der Waals surface area contributed by atoms with E-state index in [1.165, 1.54) is 116 Å². The van der Waals surface area contributed by atoms with E-state index in [1.54, 1.807) is 0 Å². The Labute approximate surface area is 447 Å². The zero-order valence-electron chi connectivity index (χ0n) is 42.1. The number of hydrogen-bond acceptors (Lipinski definition) is 1. The van der Waals surface area contributed by atoms with Crippen LogP contribution in [-0.4, -0.2) is 4.57 Å². The zero-order valence-corrected chi connectivity index (χ0v) is 42.1. The van der Waals surface area contributed by atoms with Gasteiger partial charge in [-0.05, 0) is 148 Å². The second-order valence-electron chi connectivity index (χ2n) is 20.7. The van der Waals surface area contributed by atoms with Crippen molar-refractivity contribution in [2.75, 3.05) is 4.90 Å². The topological polar surface area (TPSA) is 8.17 Å². The standard InChI is InChI=1S/C75H48N2/c1-2-16-49(17-3-1)50-32-34-53(35-33-50)62-21-7-11-29-71(62)76(58-42-38-52(39-43-58)61-24-14-19-51-18-4-5-20-60(51)61)59-44-40-55-46-54(36-37-56(55)47-59)57-41-45-64-63-22-6-9-26-67(63)75(70(64)48-57)68-27-10-13-31-73(68)77-72-30-12-8-23-65(72)66-25-15-28-69(75)74(66)77/h1-48H. The lowest BCUT2D eigenvalue weighted by atomic mass is 9.65. The molecule has 0 saturated heterocycles. The van der Waals surface area contributed by atoms with E-state index in [4.69, 9.17) is 0 Å². The van der Waals surface area contributed by atoms with E-state index in [1.807, 2.05) is 0 Å². The van der Waals surface area contributed by atoms with Gasteiger partial charge in [0, 0.05) is 27.7 Å². The predicted octanol–water partition coefficient (Wildman–Crippen LogP) is 19.9. The fourth-order valence-electron chi connectivity index (χ4n) is 13.4. The van der Waals surface area contributed by atoms with Crippen LogP contribution in [0.15, 0.2) is 291 Å². The van der Waals surface area contributed by atoms with Crippen molar-refractivity contribution in [3.8, 4) is 61.3 Å². The van der Waals surface area contributed by atoms with Gasteiger partial charge in [0.05, 0.1) is 27.8 Å². The lowest BCUT2D eigenvalue weighted by molar-refractivity contribution is 0.749. The molecule has 16 rings (SSSR count). The fourth-order valence-corrected chi connectivity index (χ4v) is 13.4. The van der Waals surface area contributed by atoms with Gasteiger partial charge in [0.15, 0.2) is 0 Å². The van der Waals surface area contributed by atoms with Crippen LogP contribution in [0.4, 0.5) is 17.1 Å². The van der Waals surface area contributed by atoms with Crippen LogP contribution in [-0.2, 0) is 5.41 Å². The highest BCUT2D eigenvalue weighted by Gasteiger charge is 2.50. The number of para-hydroxylation sites is 4. The molecule has 13 aromatic carbocycles. The van der Waals surface area contributed by atoms with Gasteiger partial charge in [-0.3, -0.25) is 0 Å². The first-order valence-corrected chi connectivity index (χ1v) is 26.7. The van der Waals surface area contributed by atoms with Gasteiger partial charge in [-0.1, -0.05) is 237 Å². The Morgan fingerprint density at radius 2 is 0.818 bits per heavy atom. The zero-order chi connectivity index (χ0) is 50.6. The molecule has 2 nitrogen and oxygen atoms in total. The van der Waals surface area contributed by atoms with Crippen molar-refractivity contribution in [1.29, 1.82) is 0 Å². The van der Waals surface area contributed by atoms with Gasteiger partial charge >= 0.3 is 0 Å². The van der Waals surface area contributed by atoms with Crippen molar-refractivity contribution >= 4 is 60.4 Å². The molecule has 14 aromatic rings. The van der Waals surface area contributed by atoms with Crippen LogP contribution >= 0.6 is 0 Å². The van der Waals surface area contributed by atoms with Crippen molar-refractivity contribution in [2.45, 2.75) is 5.41 Å². The van der Waals surface area contributed by atoms with E-state index in [9.17, 15) is 0 Å². The molecule has 0 bridgehead atoms. The number of nitrogens with zero attached hydrogens (tertiary/aromatic N) is 2.